The van der Waals surface area contributed by atoms with Crippen molar-refractivity contribution in [3.05, 3.63) is 28.2 Å². The summed E-state index contributed by atoms with van der Waals surface area (Å²) in [5.41, 5.74) is 2.41. The number of Topliss-reactive ketones (excluding diaryl/α,β-unsaturated/α-hetero) is 1. The predicted octanol–water partition coefficient (Wildman–Crippen LogP) is 3.93. The van der Waals surface area contributed by atoms with E-state index in [-0.39, 0.29) is 0 Å². The first-order valence-corrected chi connectivity index (χ1v) is 6.96. The molecule has 1 N–H and O–H groups in total. The fraction of sp³-hybridized carbons (Fsp3) is 0.500. The third kappa shape index (κ3) is 3.56. The van der Waals surface area contributed by atoms with Crippen molar-refractivity contribution in [3.63, 3.8) is 0 Å². The van der Waals surface area contributed by atoms with Crippen LogP contribution in [0, 0.1) is 12.8 Å². The maximum atomic E-state index is 11.1. The molecule has 0 radical (unpaired) electrons. The van der Waals surface area contributed by atoms with Gasteiger partial charge in [-0.3, -0.25) is 4.79 Å². The van der Waals surface area contributed by atoms with Crippen molar-refractivity contribution in [2.45, 2.75) is 32.6 Å². The van der Waals surface area contributed by atoms with Gasteiger partial charge in [0.25, 0.3) is 0 Å². The number of anilines is 1. The Kier molecular flexibility index (Phi) is 4.21. The summed E-state index contributed by atoms with van der Waals surface area (Å²) < 4.78 is 1.14. The first kappa shape index (κ1) is 12.6. The van der Waals surface area contributed by atoms with Crippen LogP contribution in [0.4, 0.5) is 5.69 Å². The molecule has 0 aromatic heterocycles. The van der Waals surface area contributed by atoms with Gasteiger partial charge in [-0.05, 0) is 49.4 Å². The number of rotatable bonds is 3. The average molecular weight is 296 g/mol. The zero-order chi connectivity index (χ0) is 12.3. The number of carbonyl (C=O) groups excluding carboxylic acids is 1. The molecular weight excluding hydrogens is 278 g/mol. The fourth-order valence-corrected chi connectivity index (χ4v) is 2.47. The number of hydrogen-bond acceptors (Lipinski definition) is 2. The summed E-state index contributed by atoms with van der Waals surface area (Å²) in [4.78, 5) is 11.1. The predicted molar refractivity (Wildman–Crippen MR) is 74.3 cm³/mol. The van der Waals surface area contributed by atoms with Crippen molar-refractivity contribution in [2.24, 2.45) is 5.92 Å². The smallest absolute Gasteiger partial charge is 0.132 e. The van der Waals surface area contributed by atoms with Gasteiger partial charge < -0.3 is 5.32 Å². The van der Waals surface area contributed by atoms with Crippen LogP contribution in [0.2, 0.25) is 0 Å². The summed E-state index contributed by atoms with van der Waals surface area (Å²) in [6.45, 7) is 3.07. The second kappa shape index (κ2) is 5.67. The molecular formula is C14H18BrNO. The van der Waals surface area contributed by atoms with E-state index in [1.807, 2.05) is 0 Å². The normalized spacial score (nSPS) is 17.2. The van der Waals surface area contributed by atoms with Gasteiger partial charge in [-0.1, -0.05) is 15.9 Å². The molecule has 1 aromatic rings. The standard InChI is InChI=1S/C14H18BrNO/c1-10-8-12(4-7-14(10)15)16-9-11-2-5-13(17)6-3-11/h4,7-8,11,16H,2-3,5-6,9H2,1H3. The van der Waals surface area contributed by atoms with Crippen LogP contribution in [0.5, 0.6) is 0 Å². The van der Waals surface area contributed by atoms with Gasteiger partial charge in [0, 0.05) is 29.5 Å². The van der Waals surface area contributed by atoms with Crippen LogP contribution in [0.25, 0.3) is 0 Å². The van der Waals surface area contributed by atoms with Gasteiger partial charge in [0.05, 0.1) is 0 Å². The molecule has 2 nitrogen and oxygen atoms in total. The second-order valence-corrected chi connectivity index (χ2v) is 5.68. The van der Waals surface area contributed by atoms with Gasteiger partial charge in [-0.15, -0.1) is 0 Å². The SMILES string of the molecule is Cc1cc(NCC2CCC(=O)CC2)ccc1Br. The summed E-state index contributed by atoms with van der Waals surface area (Å²) in [6.07, 6.45) is 3.63. The van der Waals surface area contributed by atoms with E-state index in [9.17, 15) is 4.79 Å². The Morgan fingerprint density at radius 1 is 1.35 bits per heavy atom. The minimum absolute atomic E-state index is 0.431. The van der Waals surface area contributed by atoms with E-state index in [0.717, 1.165) is 36.7 Å². The van der Waals surface area contributed by atoms with Crippen LogP contribution in [-0.2, 0) is 4.79 Å². The highest BCUT2D eigenvalue weighted by atomic mass is 79.9. The van der Waals surface area contributed by atoms with E-state index in [4.69, 9.17) is 0 Å². The molecule has 0 aliphatic heterocycles. The molecule has 17 heavy (non-hydrogen) atoms. The molecule has 0 atom stereocenters. The molecule has 2 rings (SSSR count). The lowest BCUT2D eigenvalue weighted by molar-refractivity contribution is -0.120. The maximum Gasteiger partial charge on any atom is 0.132 e. The molecule has 0 amide bonds. The first-order valence-electron chi connectivity index (χ1n) is 6.17. The zero-order valence-corrected chi connectivity index (χ0v) is 11.7. The number of carbonyl (C=O) groups is 1. The Morgan fingerprint density at radius 2 is 2.06 bits per heavy atom. The van der Waals surface area contributed by atoms with E-state index < -0.39 is 0 Å². The highest BCUT2D eigenvalue weighted by Gasteiger charge is 2.18. The molecule has 0 bridgehead atoms. The zero-order valence-electron chi connectivity index (χ0n) is 10.1. The quantitative estimate of drug-likeness (QED) is 0.915. The fourth-order valence-electron chi connectivity index (χ4n) is 2.22. The van der Waals surface area contributed by atoms with Gasteiger partial charge in [0.1, 0.15) is 5.78 Å². The van der Waals surface area contributed by atoms with Crippen LogP contribution in [0.15, 0.2) is 22.7 Å². The van der Waals surface area contributed by atoms with E-state index in [2.05, 4.69) is 46.4 Å². The van der Waals surface area contributed by atoms with Gasteiger partial charge in [0.2, 0.25) is 0 Å². The summed E-state index contributed by atoms with van der Waals surface area (Å²) >= 11 is 3.50. The number of hydrogen-bond donors (Lipinski definition) is 1. The Balaban J connectivity index is 1.85. The van der Waals surface area contributed by atoms with Gasteiger partial charge in [0.15, 0.2) is 0 Å². The van der Waals surface area contributed by atoms with E-state index in [1.165, 1.54) is 11.3 Å². The molecule has 0 heterocycles. The molecule has 1 fully saturated rings. The van der Waals surface area contributed by atoms with Gasteiger partial charge in [-0.25, -0.2) is 0 Å². The average Bonchev–Trinajstić information content (AvgIpc) is 2.33. The van der Waals surface area contributed by atoms with Crippen molar-refractivity contribution in [1.29, 1.82) is 0 Å². The highest BCUT2D eigenvalue weighted by Crippen LogP contribution is 2.23. The van der Waals surface area contributed by atoms with E-state index in [1.54, 1.807) is 0 Å². The molecule has 1 aliphatic carbocycles. The van der Waals surface area contributed by atoms with E-state index >= 15 is 0 Å². The molecule has 0 spiro atoms. The second-order valence-electron chi connectivity index (χ2n) is 4.83. The highest BCUT2D eigenvalue weighted by molar-refractivity contribution is 9.10. The number of halogens is 1. The Labute approximate surface area is 111 Å². The monoisotopic (exact) mass is 295 g/mol. The molecule has 1 aliphatic rings. The minimum Gasteiger partial charge on any atom is -0.385 e. The number of nitrogens with one attached hydrogen (secondary N) is 1. The number of aryl methyl sites for hydroxylation is 1. The van der Waals surface area contributed by atoms with Crippen LogP contribution < -0.4 is 5.32 Å². The topological polar surface area (TPSA) is 29.1 Å². The van der Waals surface area contributed by atoms with Crippen LogP contribution in [0.3, 0.4) is 0 Å². The Bertz CT molecular complexity index is 407. The molecule has 1 saturated carbocycles. The maximum absolute atomic E-state index is 11.1. The van der Waals surface area contributed by atoms with E-state index in [0.29, 0.717) is 11.7 Å². The van der Waals surface area contributed by atoms with Crippen LogP contribution >= 0.6 is 15.9 Å². The lowest BCUT2D eigenvalue weighted by Gasteiger charge is -2.21. The molecule has 3 heteroatoms. The van der Waals surface area contributed by atoms with Crippen molar-refractivity contribution in [1.82, 2.24) is 0 Å². The lowest BCUT2D eigenvalue weighted by Crippen LogP contribution is -2.21. The largest absolute Gasteiger partial charge is 0.385 e. The van der Waals surface area contributed by atoms with Gasteiger partial charge in [-0.2, -0.15) is 0 Å². The molecule has 0 unspecified atom stereocenters. The molecule has 0 saturated heterocycles. The Morgan fingerprint density at radius 3 is 2.71 bits per heavy atom. The molecule has 92 valence electrons. The minimum atomic E-state index is 0.431. The summed E-state index contributed by atoms with van der Waals surface area (Å²) in [5, 5.41) is 3.47. The first-order chi connectivity index (χ1) is 8.15. The Hall–Kier alpha value is -0.830. The van der Waals surface area contributed by atoms with Crippen molar-refractivity contribution in [3.8, 4) is 0 Å². The van der Waals surface area contributed by atoms with Crippen molar-refractivity contribution >= 4 is 27.4 Å². The van der Waals surface area contributed by atoms with Crippen molar-refractivity contribution < 1.29 is 4.79 Å². The summed E-state index contributed by atoms with van der Waals surface area (Å²) in [6, 6.07) is 6.31. The van der Waals surface area contributed by atoms with Gasteiger partial charge >= 0.3 is 0 Å². The van der Waals surface area contributed by atoms with Crippen molar-refractivity contribution in [2.75, 3.05) is 11.9 Å². The molecule has 1 aromatic carbocycles. The van der Waals surface area contributed by atoms with Crippen LogP contribution in [-0.4, -0.2) is 12.3 Å². The third-order valence-corrected chi connectivity index (χ3v) is 4.31. The summed E-state index contributed by atoms with van der Waals surface area (Å²) in [5.74, 6) is 1.08. The van der Waals surface area contributed by atoms with Crippen LogP contribution in [0.1, 0.15) is 31.2 Å². The summed E-state index contributed by atoms with van der Waals surface area (Å²) in [7, 11) is 0. The third-order valence-electron chi connectivity index (χ3n) is 3.42. The number of benzene rings is 1. The lowest BCUT2D eigenvalue weighted by atomic mass is 9.88. The number of ketones is 1.